The monoisotopic (exact) mass is 280 g/mol. The molecule has 4 atom stereocenters. The highest BCUT2D eigenvalue weighted by molar-refractivity contribution is 4.88. The molecule has 4 unspecified atom stereocenters. The van der Waals surface area contributed by atoms with E-state index < -0.39 is 0 Å². The van der Waals surface area contributed by atoms with Gasteiger partial charge in [-0.3, -0.25) is 0 Å². The molecule has 0 radical (unpaired) electrons. The third kappa shape index (κ3) is 4.46. The number of rotatable bonds is 6. The molecule has 2 fully saturated rings. The van der Waals surface area contributed by atoms with Gasteiger partial charge in [0, 0.05) is 18.6 Å². The lowest BCUT2D eigenvalue weighted by Crippen LogP contribution is -2.48. The zero-order chi connectivity index (χ0) is 14.4. The van der Waals surface area contributed by atoms with Gasteiger partial charge in [0.25, 0.3) is 0 Å². The van der Waals surface area contributed by atoms with Crippen molar-refractivity contribution < 1.29 is 0 Å². The van der Waals surface area contributed by atoms with Crippen LogP contribution in [0, 0.1) is 11.8 Å². The van der Waals surface area contributed by atoms with Gasteiger partial charge < -0.3 is 10.2 Å². The van der Waals surface area contributed by atoms with E-state index >= 15 is 0 Å². The summed E-state index contributed by atoms with van der Waals surface area (Å²) in [5.74, 6) is 1.89. The van der Waals surface area contributed by atoms with E-state index in [0.717, 1.165) is 30.5 Å². The zero-order valence-corrected chi connectivity index (χ0v) is 14.0. The lowest BCUT2D eigenvalue weighted by molar-refractivity contribution is 0.0918. The summed E-state index contributed by atoms with van der Waals surface area (Å²) in [7, 11) is 0. The quantitative estimate of drug-likeness (QED) is 0.789. The predicted molar refractivity (Wildman–Crippen MR) is 88.1 cm³/mol. The van der Waals surface area contributed by atoms with Gasteiger partial charge in [0.2, 0.25) is 0 Å². The second-order valence-corrected chi connectivity index (χ2v) is 7.23. The Hall–Kier alpha value is -0.0800. The van der Waals surface area contributed by atoms with E-state index in [1.54, 1.807) is 0 Å². The van der Waals surface area contributed by atoms with Crippen LogP contribution in [0.4, 0.5) is 0 Å². The molecule has 0 aromatic carbocycles. The molecule has 1 heterocycles. The molecule has 1 aliphatic carbocycles. The molecule has 2 heteroatoms. The molecule has 118 valence electrons. The lowest BCUT2D eigenvalue weighted by atomic mass is 9.75. The van der Waals surface area contributed by atoms with Gasteiger partial charge in [-0.1, -0.05) is 33.1 Å². The molecular formula is C18H36N2. The van der Waals surface area contributed by atoms with Crippen LogP contribution in [-0.2, 0) is 0 Å². The fraction of sp³-hybridized carbons (Fsp3) is 1.00. The number of nitrogens with zero attached hydrogens (tertiary/aromatic N) is 1. The van der Waals surface area contributed by atoms with Crippen molar-refractivity contribution in [3.63, 3.8) is 0 Å². The van der Waals surface area contributed by atoms with Gasteiger partial charge >= 0.3 is 0 Å². The maximum atomic E-state index is 3.77. The average Bonchev–Trinajstić information content (AvgIpc) is 2.45. The molecule has 0 aromatic rings. The number of hydrogen-bond acceptors (Lipinski definition) is 2. The van der Waals surface area contributed by atoms with Crippen LogP contribution in [0.25, 0.3) is 0 Å². The number of nitrogens with one attached hydrogen (secondary N) is 1. The first kappa shape index (κ1) is 16.3. The van der Waals surface area contributed by atoms with Crippen LogP contribution in [0.2, 0.25) is 0 Å². The minimum Gasteiger partial charge on any atom is -0.314 e. The maximum Gasteiger partial charge on any atom is 0.0108 e. The Morgan fingerprint density at radius 3 is 2.65 bits per heavy atom. The van der Waals surface area contributed by atoms with E-state index in [9.17, 15) is 0 Å². The molecule has 1 saturated carbocycles. The standard InChI is InChI=1S/C18H36N2/c1-4-8-16-10-11-18(19-5-2)17(13-16)14-20-12-7-6-9-15(20)3/h15-19H,4-14H2,1-3H3. The number of piperidine rings is 1. The summed E-state index contributed by atoms with van der Waals surface area (Å²) >= 11 is 0. The molecule has 0 aromatic heterocycles. The third-order valence-corrected chi connectivity index (χ3v) is 5.66. The smallest absolute Gasteiger partial charge is 0.0108 e. The van der Waals surface area contributed by atoms with Crippen molar-refractivity contribution in [2.24, 2.45) is 11.8 Å². The SMILES string of the molecule is CCCC1CCC(NCC)C(CN2CCCCC2C)C1. The van der Waals surface area contributed by atoms with E-state index in [1.807, 2.05) is 0 Å². The normalized spacial score (nSPS) is 36.1. The maximum absolute atomic E-state index is 3.77. The van der Waals surface area contributed by atoms with E-state index in [1.165, 1.54) is 64.5 Å². The fourth-order valence-electron chi connectivity index (χ4n) is 4.49. The Bertz CT molecular complexity index is 266. The molecule has 2 aliphatic rings. The van der Waals surface area contributed by atoms with Crippen molar-refractivity contribution >= 4 is 0 Å². The van der Waals surface area contributed by atoms with E-state index in [2.05, 4.69) is 31.0 Å². The van der Waals surface area contributed by atoms with Crippen LogP contribution in [0.1, 0.15) is 72.1 Å². The summed E-state index contributed by atoms with van der Waals surface area (Å²) in [6.45, 7) is 10.9. The van der Waals surface area contributed by atoms with Gasteiger partial charge in [-0.2, -0.15) is 0 Å². The molecule has 1 saturated heterocycles. The van der Waals surface area contributed by atoms with Gasteiger partial charge in [0.05, 0.1) is 0 Å². The van der Waals surface area contributed by atoms with E-state index in [0.29, 0.717) is 0 Å². The van der Waals surface area contributed by atoms with Crippen LogP contribution in [0.5, 0.6) is 0 Å². The molecular weight excluding hydrogens is 244 g/mol. The van der Waals surface area contributed by atoms with Crippen LogP contribution >= 0.6 is 0 Å². The van der Waals surface area contributed by atoms with E-state index in [4.69, 9.17) is 0 Å². The topological polar surface area (TPSA) is 15.3 Å². The minimum atomic E-state index is 0.780. The molecule has 2 rings (SSSR count). The second kappa shape index (κ2) is 8.38. The number of likely N-dealkylation sites (tertiary alicyclic amines) is 1. The van der Waals surface area contributed by atoms with Gasteiger partial charge in [-0.05, 0) is 64.0 Å². The summed E-state index contributed by atoms with van der Waals surface area (Å²) in [5, 5.41) is 3.77. The van der Waals surface area contributed by atoms with Crippen molar-refractivity contribution in [3.8, 4) is 0 Å². The number of hydrogen-bond donors (Lipinski definition) is 1. The van der Waals surface area contributed by atoms with Gasteiger partial charge in [0.15, 0.2) is 0 Å². The van der Waals surface area contributed by atoms with Crippen molar-refractivity contribution in [2.45, 2.75) is 84.2 Å². The largest absolute Gasteiger partial charge is 0.314 e. The highest BCUT2D eigenvalue weighted by Crippen LogP contribution is 2.33. The Labute approximate surface area is 126 Å². The van der Waals surface area contributed by atoms with Crippen molar-refractivity contribution in [2.75, 3.05) is 19.6 Å². The van der Waals surface area contributed by atoms with Crippen LogP contribution in [0.15, 0.2) is 0 Å². The summed E-state index contributed by atoms with van der Waals surface area (Å²) in [5.41, 5.74) is 0. The molecule has 2 nitrogen and oxygen atoms in total. The van der Waals surface area contributed by atoms with Gasteiger partial charge in [-0.15, -0.1) is 0 Å². The first-order valence-electron chi connectivity index (χ1n) is 9.22. The first-order chi connectivity index (χ1) is 9.74. The average molecular weight is 280 g/mol. The summed E-state index contributed by atoms with van der Waals surface area (Å²) in [4.78, 5) is 2.78. The molecule has 20 heavy (non-hydrogen) atoms. The first-order valence-corrected chi connectivity index (χ1v) is 9.22. The van der Waals surface area contributed by atoms with Crippen LogP contribution < -0.4 is 5.32 Å². The van der Waals surface area contributed by atoms with Crippen molar-refractivity contribution in [1.29, 1.82) is 0 Å². The summed E-state index contributed by atoms with van der Waals surface area (Å²) < 4.78 is 0. The highest BCUT2D eigenvalue weighted by Gasteiger charge is 2.32. The van der Waals surface area contributed by atoms with Crippen molar-refractivity contribution in [3.05, 3.63) is 0 Å². The fourth-order valence-corrected chi connectivity index (χ4v) is 4.49. The van der Waals surface area contributed by atoms with Crippen molar-refractivity contribution in [1.82, 2.24) is 10.2 Å². The Balaban J connectivity index is 1.91. The predicted octanol–water partition coefficient (Wildman–Crippen LogP) is 4.06. The molecule has 1 aliphatic heterocycles. The van der Waals surface area contributed by atoms with Crippen LogP contribution in [0.3, 0.4) is 0 Å². The molecule has 0 amide bonds. The highest BCUT2D eigenvalue weighted by atomic mass is 15.2. The Kier molecular flexibility index (Phi) is 6.83. The third-order valence-electron chi connectivity index (χ3n) is 5.66. The molecule has 1 N–H and O–H groups in total. The summed E-state index contributed by atoms with van der Waals surface area (Å²) in [6, 6.07) is 1.60. The summed E-state index contributed by atoms with van der Waals surface area (Å²) in [6.07, 6.45) is 11.4. The van der Waals surface area contributed by atoms with Gasteiger partial charge in [0.1, 0.15) is 0 Å². The molecule has 0 spiro atoms. The van der Waals surface area contributed by atoms with Crippen LogP contribution in [-0.4, -0.2) is 36.6 Å². The van der Waals surface area contributed by atoms with E-state index in [-0.39, 0.29) is 0 Å². The Morgan fingerprint density at radius 2 is 1.95 bits per heavy atom. The van der Waals surface area contributed by atoms with Gasteiger partial charge in [-0.25, -0.2) is 0 Å². The second-order valence-electron chi connectivity index (χ2n) is 7.23. The lowest BCUT2D eigenvalue weighted by Gasteiger charge is -2.42. The minimum absolute atomic E-state index is 0.780. The molecule has 0 bridgehead atoms. The zero-order valence-electron chi connectivity index (χ0n) is 14.0. The Morgan fingerprint density at radius 1 is 1.10 bits per heavy atom.